The van der Waals surface area contributed by atoms with Crippen LogP contribution in [-0.4, -0.2) is 20.3 Å². The molecular formula is C10H3Br2NO2Se. The third kappa shape index (κ3) is 2.12. The van der Waals surface area contributed by atoms with Crippen LogP contribution in [0.1, 0.15) is 0 Å². The van der Waals surface area contributed by atoms with Gasteiger partial charge in [0, 0.05) is 0 Å². The first-order valence-corrected chi connectivity index (χ1v) is 6.56. The molecule has 0 atom stereocenters. The van der Waals surface area contributed by atoms with Crippen molar-refractivity contribution in [2.45, 2.75) is 0 Å². The second kappa shape index (κ2) is 4.78. The van der Waals surface area contributed by atoms with Crippen LogP contribution in [-0.2, 0) is 0 Å². The van der Waals surface area contributed by atoms with Gasteiger partial charge in [-0.15, -0.1) is 0 Å². The molecule has 3 nitrogen and oxygen atoms in total. The number of rotatable bonds is 1. The van der Waals surface area contributed by atoms with Crippen LogP contribution >= 0.6 is 31.9 Å². The molecule has 1 aromatic carbocycles. The Morgan fingerprint density at radius 1 is 1.38 bits per heavy atom. The van der Waals surface area contributed by atoms with Gasteiger partial charge in [0.15, 0.2) is 0 Å². The maximum absolute atomic E-state index is 12.0. The van der Waals surface area contributed by atoms with Crippen LogP contribution in [0.15, 0.2) is 41.5 Å². The molecule has 1 heterocycles. The van der Waals surface area contributed by atoms with Gasteiger partial charge in [0.1, 0.15) is 0 Å². The van der Waals surface area contributed by atoms with Crippen LogP contribution in [0.5, 0.6) is 0 Å². The third-order valence-electron chi connectivity index (χ3n) is 1.94. The molecule has 2 aromatic rings. The van der Waals surface area contributed by atoms with Crippen molar-refractivity contribution in [3.05, 3.63) is 37.6 Å². The van der Waals surface area contributed by atoms with E-state index in [9.17, 15) is 4.79 Å². The number of aliphatic imine (C=N–C) groups is 1. The summed E-state index contributed by atoms with van der Waals surface area (Å²) in [5, 5.41) is 0.470. The fourth-order valence-corrected chi connectivity index (χ4v) is 2.81. The van der Waals surface area contributed by atoms with E-state index in [1.807, 2.05) is 6.07 Å². The monoisotopic (exact) mass is 407 g/mol. The molecule has 0 N–H and O–H groups in total. The van der Waals surface area contributed by atoms with Crippen LogP contribution < -0.4 is 5.43 Å². The predicted molar refractivity (Wildman–Crippen MR) is 70.7 cm³/mol. The van der Waals surface area contributed by atoms with E-state index in [4.69, 9.17) is 4.42 Å². The van der Waals surface area contributed by atoms with Gasteiger partial charge in [-0.05, 0) is 0 Å². The Morgan fingerprint density at radius 2 is 2.12 bits per heavy atom. The third-order valence-corrected chi connectivity index (χ3v) is 3.18. The molecule has 0 saturated heterocycles. The second-order valence-corrected chi connectivity index (χ2v) is 5.07. The Hall–Kier alpha value is -0.511. The zero-order chi connectivity index (χ0) is 11.7. The number of nitrogens with zero attached hydrogens (tertiary/aromatic N) is 1. The maximum atomic E-state index is 12.0. The summed E-state index contributed by atoms with van der Waals surface area (Å²) in [6, 6.07) is 3.51. The van der Waals surface area contributed by atoms with Crippen molar-refractivity contribution in [2.24, 2.45) is 4.99 Å². The van der Waals surface area contributed by atoms with E-state index in [-0.39, 0.29) is 11.1 Å². The molecule has 0 fully saturated rings. The summed E-state index contributed by atoms with van der Waals surface area (Å²) >= 11 is 9.12. The molecule has 0 unspecified atom stereocenters. The predicted octanol–water partition coefficient (Wildman–Crippen LogP) is 3.02. The van der Waals surface area contributed by atoms with Gasteiger partial charge in [0.25, 0.3) is 0 Å². The molecule has 2 rings (SSSR count). The molecule has 0 aliphatic carbocycles. The zero-order valence-electron chi connectivity index (χ0n) is 7.66. The van der Waals surface area contributed by atoms with Crippen molar-refractivity contribution >= 4 is 68.8 Å². The number of halogens is 2. The van der Waals surface area contributed by atoms with Gasteiger partial charge in [-0.2, -0.15) is 0 Å². The standard InChI is InChI=1S/C10H3Br2NO2Se/c11-5-1-6-9(14)8(13-4-16)3-15-10(6)7(12)2-5/h1-3H. The normalized spacial score (nSPS) is 10.1. The van der Waals surface area contributed by atoms with E-state index in [1.165, 1.54) is 6.26 Å². The van der Waals surface area contributed by atoms with Gasteiger partial charge in [-0.3, -0.25) is 0 Å². The van der Waals surface area contributed by atoms with E-state index in [0.717, 1.165) is 8.95 Å². The Bertz CT molecular complexity index is 674. The Balaban J connectivity index is 2.94. The topological polar surface area (TPSA) is 42.6 Å². The average molecular weight is 408 g/mol. The van der Waals surface area contributed by atoms with Crippen LogP contribution in [0.4, 0.5) is 5.69 Å². The fourth-order valence-electron chi connectivity index (χ4n) is 1.28. The van der Waals surface area contributed by atoms with Crippen molar-refractivity contribution in [3.63, 3.8) is 0 Å². The van der Waals surface area contributed by atoms with Gasteiger partial charge in [0.2, 0.25) is 0 Å². The van der Waals surface area contributed by atoms with Crippen LogP contribution in [0.25, 0.3) is 11.0 Å². The van der Waals surface area contributed by atoms with Crippen LogP contribution in [0, 0.1) is 0 Å². The summed E-state index contributed by atoms with van der Waals surface area (Å²) in [6.45, 7) is 0. The van der Waals surface area contributed by atoms with E-state index >= 15 is 0 Å². The first kappa shape index (κ1) is 12.0. The van der Waals surface area contributed by atoms with Gasteiger partial charge < -0.3 is 0 Å². The molecule has 0 radical (unpaired) electrons. The average Bonchev–Trinajstić information content (AvgIpc) is 2.23. The van der Waals surface area contributed by atoms with Gasteiger partial charge in [0.05, 0.1) is 0 Å². The Labute approximate surface area is 115 Å². The van der Waals surface area contributed by atoms with Crippen molar-refractivity contribution in [1.82, 2.24) is 0 Å². The first-order valence-electron chi connectivity index (χ1n) is 4.12. The summed E-state index contributed by atoms with van der Waals surface area (Å²) < 4.78 is 9.30. The van der Waals surface area contributed by atoms with E-state index < -0.39 is 0 Å². The van der Waals surface area contributed by atoms with Gasteiger partial charge >= 0.3 is 116 Å². The second-order valence-electron chi connectivity index (χ2n) is 2.92. The molecule has 1 aromatic heterocycles. The quantitative estimate of drug-likeness (QED) is 0.538. The SMILES string of the molecule is O=c1c(N=C=[Se])coc2c(Br)cc(Br)cc12. The molecule has 6 heteroatoms. The Kier molecular flexibility index (Phi) is 3.57. The summed E-state index contributed by atoms with van der Waals surface area (Å²) in [4.78, 5) is 15.7. The molecule has 0 amide bonds. The number of benzene rings is 1. The summed E-state index contributed by atoms with van der Waals surface area (Å²) in [6.07, 6.45) is 1.31. The van der Waals surface area contributed by atoms with Gasteiger partial charge in [-0.25, -0.2) is 0 Å². The minimum absolute atomic E-state index is 0.189. The first-order chi connectivity index (χ1) is 7.63. The van der Waals surface area contributed by atoms with Crippen LogP contribution in [0.3, 0.4) is 0 Å². The van der Waals surface area contributed by atoms with Crippen molar-refractivity contribution in [3.8, 4) is 0 Å². The zero-order valence-corrected chi connectivity index (χ0v) is 12.5. The van der Waals surface area contributed by atoms with Crippen molar-refractivity contribution in [2.75, 3.05) is 0 Å². The number of hydrogen-bond donors (Lipinski definition) is 0. The fraction of sp³-hybridized carbons (Fsp3) is 0. The summed E-state index contributed by atoms with van der Waals surface area (Å²) in [5.74, 6) is 0. The minimum atomic E-state index is -0.189. The molecule has 0 aliphatic heterocycles. The van der Waals surface area contributed by atoms with E-state index in [1.54, 1.807) is 6.07 Å². The van der Waals surface area contributed by atoms with E-state index in [2.05, 4.69) is 57.1 Å². The van der Waals surface area contributed by atoms with Gasteiger partial charge in [-0.1, -0.05) is 0 Å². The molecule has 0 saturated carbocycles. The van der Waals surface area contributed by atoms with Crippen molar-refractivity contribution < 1.29 is 4.42 Å². The van der Waals surface area contributed by atoms with Crippen LogP contribution in [0.2, 0.25) is 0 Å². The molecule has 0 aliphatic rings. The summed E-state index contributed by atoms with van der Waals surface area (Å²) in [5.41, 5.74) is 0.537. The number of fused-ring (bicyclic) bond motifs is 1. The Morgan fingerprint density at radius 3 is 2.81 bits per heavy atom. The molecule has 0 bridgehead atoms. The van der Waals surface area contributed by atoms with Crippen molar-refractivity contribution in [1.29, 1.82) is 0 Å². The number of hydrogen-bond acceptors (Lipinski definition) is 3. The van der Waals surface area contributed by atoms with E-state index in [0.29, 0.717) is 11.0 Å². The molecule has 16 heavy (non-hydrogen) atoms. The molecule has 0 spiro atoms. The molecule has 80 valence electrons. The molecular weight excluding hydrogens is 405 g/mol. The summed E-state index contributed by atoms with van der Waals surface area (Å²) in [7, 11) is 0.